The van der Waals surface area contributed by atoms with Crippen molar-refractivity contribution in [1.82, 2.24) is 14.3 Å². The summed E-state index contributed by atoms with van der Waals surface area (Å²) in [5, 5.41) is 6.07. The summed E-state index contributed by atoms with van der Waals surface area (Å²) in [5.74, 6) is -0.365. The van der Waals surface area contributed by atoms with Gasteiger partial charge in [-0.1, -0.05) is 66.7 Å². The first-order valence-corrected chi connectivity index (χ1v) is 12.0. The number of ether oxygens (including phenoxy) is 1. The molecule has 34 heavy (non-hydrogen) atoms. The maximum atomic E-state index is 12.9. The molecule has 6 heteroatoms. The quantitative estimate of drug-likeness (QED) is 0.138. The van der Waals surface area contributed by atoms with E-state index < -0.39 is 0 Å². The lowest BCUT2D eigenvalue weighted by Crippen LogP contribution is -2.12. The molecule has 5 aromatic rings. The second kappa shape index (κ2) is 9.69. The molecule has 5 nitrogen and oxygen atoms in total. The molecule has 2 aromatic heterocycles. The van der Waals surface area contributed by atoms with Gasteiger partial charge in [-0.15, -0.1) is 0 Å². The number of carbonyl (C=O) groups excluding carboxylic acids is 1. The van der Waals surface area contributed by atoms with Gasteiger partial charge in [-0.05, 0) is 58.3 Å². The number of rotatable bonds is 6. The van der Waals surface area contributed by atoms with E-state index in [1.54, 1.807) is 0 Å². The van der Waals surface area contributed by atoms with E-state index in [1.165, 1.54) is 7.11 Å². The Morgan fingerprint density at radius 1 is 0.941 bits per heavy atom. The minimum absolute atomic E-state index is 0.365. The molecule has 0 saturated carbocycles. The highest BCUT2D eigenvalue weighted by atomic mass is 127. The Kier molecular flexibility index (Phi) is 6.31. The molecular weight excluding hydrogens is 537 g/mol. The van der Waals surface area contributed by atoms with Crippen LogP contribution in [0, 0.1) is 3.57 Å². The third kappa shape index (κ3) is 4.28. The van der Waals surface area contributed by atoms with Crippen molar-refractivity contribution in [2.24, 2.45) is 0 Å². The lowest BCUT2D eigenvalue weighted by molar-refractivity contribution is -0.136. The lowest BCUT2D eigenvalue weighted by Gasteiger charge is -2.10. The second-order valence-electron chi connectivity index (χ2n) is 7.82. The average molecular weight is 559 g/mol. The van der Waals surface area contributed by atoms with Gasteiger partial charge in [0.25, 0.3) is 0 Å². The van der Waals surface area contributed by atoms with Crippen LogP contribution in [0.4, 0.5) is 0 Å². The summed E-state index contributed by atoms with van der Waals surface area (Å²) in [6.07, 6.45) is 3.89. The van der Waals surface area contributed by atoms with Crippen molar-refractivity contribution in [3.63, 3.8) is 0 Å². The van der Waals surface area contributed by atoms with E-state index in [1.807, 2.05) is 89.8 Å². The number of esters is 1. The predicted molar refractivity (Wildman–Crippen MR) is 144 cm³/mol. The van der Waals surface area contributed by atoms with E-state index in [4.69, 9.17) is 9.84 Å². The highest BCUT2D eigenvalue weighted by Crippen LogP contribution is 2.31. The van der Waals surface area contributed by atoms with Gasteiger partial charge in [0.1, 0.15) is 5.69 Å². The Hall–Kier alpha value is -3.65. The molecule has 0 spiro atoms. The fourth-order valence-corrected chi connectivity index (χ4v) is 4.81. The van der Waals surface area contributed by atoms with Crippen LogP contribution in [0.5, 0.6) is 0 Å². The van der Waals surface area contributed by atoms with Crippen molar-refractivity contribution >= 4 is 45.5 Å². The highest BCUT2D eigenvalue weighted by molar-refractivity contribution is 14.1. The normalized spacial score (nSPS) is 11.6. The van der Waals surface area contributed by atoms with Crippen LogP contribution in [-0.2, 0) is 16.1 Å². The van der Waals surface area contributed by atoms with E-state index in [2.05, 4.69) is 45.4 Å². The number of aromatic nitrogens is 3. The van der Waals surface area contributed by atoms with Crippen molar-refractivity contribution in [2.75, 3.05) is 7.11 Å². The summed E-state index contributed by atoms with van der Waals surface area (Å²) < 4.78 is 10.1. The molecule has 0 N–H and O–H groups in total. The van der Waals surface area contributed by atoms with Gasteiger partial charge in [-0.2, -0.15) is 5.10 Å². The van der Waals surface area contributed by atoms with Crippen molar-refractivity contribution in [3.8, 4) is 16.9 Å². The van der Waals surface area contributed by atoms with Gasteiger partial charge in [0.2, 0.25) is 0 Å². The Bertz CT molecular complexity index is 1480. The molecule has 3 aromatic carbocycles. The number of nitrogens with zero attached hydrogens (tertiary/aromatic N) is 3. The second-order valence-corrected chi connectivity index (χ2v) is 8.90. The molecular formula is C28H22IN3O2. The molecule has 0 aliphatic rings. The number of methoxy groups -OCH3 is 1. The number of hydrogen-bond acceptors (Lipinski definition) is 3. The zero-order chi connectivity index (χ0) is 23.5. The van der Waals surface area contributed by atoms with Crippen LogP contribution in [0.3, 0.4) is 0 Å². The van der Waals surface area contributed by atoms with Crippen LogP contribution < -0.4 is 0 Å². The smallest absolute Gasteiger partial charge is 0.335 e. The first-order valence-electron chi connectivity index (χ1n) is 10.9. The molecule has 0 aliphatic carbocycles. The fourth-order valence-electron chi connectivity index (χ4n) is 4.01. The van der Waals surface area contributed by atoms with E-state index in [9.17, 15) is 4.79 Å². The minimum Gasteiger partial charge on any atom is -0.466 e. The van der Waals surface area contributed by atoms with Crippen LogP contribution in [0.25, 0.3) is 33.9 Å². The molecule has 0 aliphatic heterocycles. The SMILES string of the molecule is COC(=O)/C(=C/c1c(I)c(-c2ccccc2)nn1-c1ccccc1)Cn1ccc2ccccc21. The zero-order valence-electron chi connectivity index (χ0n) is 18.6. The van der Waals surface area contributed by atoms with Crippen molar-refractivity contribution < 1.29 is 9.53 Å². The van der Waals surface area contributed by atoms with Crippen LogP contribution in [0.1, 0.15) is 5.69 Å². The standard InChI is InChI=1S/C28H22IN3O2/c1-34-28(33)22(19-31-17-16-20-10-8-9-15-24(20)31)18-25-26(29)27(21-11-4-2-5-12-21)30-32(25)23-13-6-3-7-14-23/h2-18H,19H2,1H3/b22-18+. The van der Waals surface area contributed by atoms with Gasteiger partial charge in [0, 0.05) is 17.3 Å². The monoisotopic (exact) mass is 559 g/mol. The zero-order valence-corrected chi connectivity index (χ0v) is 20.7. The Labute approximate surface area is 211 Å². The number of hydrogen-bond donors (Lipinski definition) is 0. The molecule has 2 heterocycles. The third-order valence-corrected chi connectivity index (χ3v) is 6.75. The first-order chi connectivity index (χ1) is 16.7. The Balaban J connectivity index is 1.67. The molecule has 0 atom stereocenters. The highest BCUT2D eigenvalue weighted by Gasteiger charge is 2.20. The van der Waals surface area contributed by atoms with Gasteiger partial charge >= 0.3 is 5.97 Å². The Morgan fingerprint density at radius 2 is 1.62 bits per heavy atom. The van der Waals surface area contributed by atoms with Gasteiger partial charge in [-0.3, -0.25) is 0 Å². The molecule has 0 fully saturated rings. The lowest BCUT2D eigenvalue weighted by atomic mass is 10.1. The Morgan fingerprint density at radius 3 is 2.35 bits per heavy atom. The van der Waals surface area contributed by atoms with Gasteiger partial charge in [0.15, 0.2) is 0 Å². The molecule has 0 amide bonds. The molecule has 0 saturated heterocycles. The number of benzene rings is 3. The van der Waals surface area contributed by atoms with Crippen LogP contribution in [0.15, 0.2) is 103 Å². The van der Waals surface area contributed by atoms with E-state index in [0.717, 1.165) is 37.1 Å². The molecule has 0 radical (unpaired) electrons. The summed E-state index contributed by atoms with van der Waals surface area (Å²) in [6, 6.07) is 30.2. The van der Waals surface area contributed by atoms with Crippen molar-refractivity contribution in [1.29, 1.82) is 0 Å². The van der Waals surface area contributed by atoms with Gasteiger partial charge in [-0.25, -0.2) is 9.48 Å². The molecule has 0 unspecified atom stereocenters. The maximum absolute atomic E-state index is 12.9. The van der Waals surface area contributed by atoms with Gasteiger partial charge < -0.3 is 9.30 Å². The summed E-state index contributed by atoms with van der Waals surface area (Å²) >= 11 is 2.32. The van der Waals surface area contributed by atoms with Gasteiger partial charge in [0.05, 0.1) is 34.2 Å². The molecule has 5 rings (SSSR count). The van der Waals surface area contributed by atoms with Crippen LogP contribution in [-0.4, -0.2) is 27.4 Å². The third-order valence-electron chi connectivity index (χ3n) is 5.69. The fraction of sp³-hybridized carbons (Fsp3) is 0.0714. The molecule has 168 valence electrons. The summed E-state index contributed by atoms with van der Waals surface area (Å²) in [7, 11) is 1.42. The number of fused-ring (bicyclic) bond motifs is 1. The first kappa shape index (κ1) is 22.2. The minimum atomic E-state index is -0.365. The maximum Gasteiger partial charge on any atom is 0.335 e. The summed E-state index contributed by atoms with van der Waals surface area (Å²) in [6.45, 7) is 0.386. The number of carbonyl (C=O) groups is 1. The largest absolute Gasteiger partial charge is 0.466 e. The van der Waals surface area contributed by atoms with Crippen LogP contribution in [0.2, 0.25) is 0 Å². The average Bonchev–Trinajstić information content (AvgIpc) is 3.45. The summed E-state index contributed by atoms with van der Waals surface area (Å²) in [5.41, 5.74) is 5.25. The number of para-hydroxylation sites is 2. The topological polar surface area (TPSA) is 49.0 Å². The van der Waals surface area contributed by atoms with E-state index in [0.29, 0.717) is 12.1 Å². The van der Waals surface area contributed by atoms with Crippen LogP contribution >= 0.6 is 22.6 Å². The van der Waals surface area contributed by atoms with Crippen molar-refractivity contribution in [3.05, 3.63) is 112 Å². The molecule has 0 bridgehead atoms. The summed E-state index contributed by atoms with van der Waals surface area (Å²) in [4.78, 5) is 12.9. The van der Waals surface area contributed by atoms with E-state index >= 15 is 0 Å². The van der Waals surface area contributed by atoms with E-state index in [-0.39, 0.29) is 5.97 Å². The number of halogens is 1. The predicted octanol–water partition coefficient (Wildman–Crippen LogP) is 6.36. The van der Waals surface area contributed by atoms with Crippen molar-refractivity contribution in [2.45, 2.75) is 6.54 Å².